The Bertz CT molecular complexity index is 1390. The zero-order chi connectivity index (χ0) is 25.1. The molecule has 7 nitrogen and oxygen atoms in total. The van der Waals surface area contributed by atoms with Crippen LogP contribution in [0.2, 0.25) is 0 Å². The molecular weight excluding hydrogens is 450 g/mol. The number of carbonyl (C=O) groups is 2. The van der Waals surface area contributed by atoms with Gasteiger partial charge in [0.1, 0.15) is 5.82 Å². The lowest BCUT2D eigenvalue weighted by Crippen LogP contribution is -2.48. The third kappa shape index (κ3) is 4.88. The van der Waals surface area contributed by atoms with Gasteiger partial charge in [-0.1, -0.05) is 36.4 Å². The number of amides is 2. The average molecular weight is 482 g/mol. The van der Waals surface area contributed by atoms with E-state index in [1.54, 1.807) is 0 Å². The van der Waals surface area contributed by atoms with Crippen LogP contribution in [0.5, 0.6) is 0 Å². The number of rotatable bonds is 6. The summed E-state index contributed by atoms with van der Waals surface area (Å²) in [5.74, 6) is 0.972. The number of hydrogen-bond donors (Lipinski definition) is 1. The van der Waals surface area contributed by atoms with Crippen molar-refractivity contribution in [1.29, 1.82) is 0 Å². The zero-order valence-corrected chi connectivity index (χ0v) is 20.8. The number of piperazine rings is 1. The molecule has 3 aromatic carbocycles. The summed E-state index contributed by atoms with van der Waals surface area (Å²) in [4.78, 5) is 34.7. The molecule has 2 heterocycles. The molecule has 5 rings (SSSR count). The molecule has 1 N–H and O–H groups in total. The highest BCUT2D eigenvalue weighted by molar-refractivity contribution is 6.05. The molecule has 0 saturated carbocycles. The Morgan fingerprint density at radius 2 is 1.64 bits per heavy atom. The molecular formula is C29H31N5O2. The van der Waals surface area contributed by atoms with Crippen molar-refractivity contribution in [1.82, 2.24) is 19.4 Å². The van der Waals surface area contributed by atoms with E-state index in [9.17, 15) is 9.59 Å². The number of nitrogens with zero attached hydrogens (tertiary/aromatic N) is 4. The van der Waals surface area contributed by atoms with Crippen LogP contribution in [0.3, 0.4) is 0 Å². The highest BCUT2D eigenvalue weighted by Crippen LogP contribution is 2.23. The molecule has 0 spiro atoms. The highest BCUT2D eigenvalue weighted by atomic mass is 16.2. The number of aromatic nitrogens is 2. The number of nitrogens with one attached hydrogen (secondary N) is 1. The van der Waals surface area contributed by atoms with Crippen LogP contribution in [0.25, 0.3) is 11.0 Å². The first-order valence-electron chi connectivity index (χ1n) is 12.5. The van der Waals surface area contributed by atoms with E-state index in [4.69, 9.17) is 4.98 Å². The molecule has 36 heavy (non-hydrogen) atoms. The number of carbonyl (C=O) groups excluding carboxylic acids is 2. The Balaban J connectivity index is 1.27. The summed E-state index contributed by atoms with van der Waals surface area (Å²) in [6.45, 7) is 8.62. The minimum absolute atomic E-state index is 0.0938. The van der Waals surface area contributed by atoms with Crippen molar-refractivity contribution in [3.8, 4) is 0 Å². The Morgan fingerprint density at radius 1 is 0.917 bits per heavy atom. The van der Waals surface area contributed by atoms with Crippen LogP contribution in [0.1, 0.15) is 39.0 Å². The number of imidazole rings is 1. The van der Waals surface area contributed by atoms with Gasteiger partial charge in [0, 0.05) is 49.5 Å². The summed E-state index contributed by atoms with van der Waals surface area (Å²) >= 11 is 0. The average Bonchev–Trinajstić information content (AvgIpc) is 3.25. The maximum Gasteiger partial charge on any atom is 0.255 e. The van der Waals surface area contributed by atoms with Crippen LogP contribution in [0, 0.1) is 6.92 Å². The minimum atomic E-state index is -0.120. The van der Waals surface area contributed by atoms with E-state index in [0.717, 1.165) is 59.9 Å². The second kappa shape index (κ2) is 10.3. The minimum Gasteiger partial charge on any atom is -0.336 e. The second-order valence-electron chi connectivity index (χ2n) is 9.18. The predicted octanol–water partition coefficient (Wildman–Crippen LogP) is 4.57. The van der Waals surface area contributed by atoms with E-state index in [1.807, 2.05) is 84.6 Å². The van der Waals surface area contributed by atoms with Crippen LogP contribution in [0.15, 0.2) is 72.8 Å². The van der Waals surface area contributed by atoms with Gasteiger partial charge < -0.3 is 14.8 Å². The van der Waals surface area contributed by atoms with Crippen molar-refractivity contribution in [3.63, 3.8) is 0 Å². The van der Waals surface area contributed by atoms with Gasteiger partial charge in [0.25, 0.3) is 11.8 Å². The standard InChI is InChI=1S/C29H31N5O2/c1-3-34-26-14-13-23(30-28(35)24-12-8-7-9-21(24)2)19-25(26)31-27(34)20-32-15-17-33(18-16-32)29(36)22-10-5-4-6-11-22/h4-14,19H,3,15-18,20H2,1-2H3,(H,30,35). The lowest BCUT2D eigenvalue weighted by Gasteiger charge is -2.34. The van der Waals surface area contributed by atoms with Crippen molar-refractivity contribution in [2.75, 3.05) is 31.5 Å². The monoisotopic (exact) mass is 481 g/mol. The summed E-state index contributed by atoms with van der Waals surface area (Å²) in [7, 11) is 0. The van der Waals surface area contributed by atoms with Crippen LogP contribution < -0.4 is 5.32 Å². The molecule has 0 atom stereocenters. The molecule has 4 aromatic rings. The molecule has 7 heteroatoms. The number of hydrogen-bond acceptors (Lipinski definition) is 4. The van der Waals surface area contributed by atoms with E-state index < -0.39 is 0 Å². The van der Waals surface area contributed by atoms with E-state index in [1.165, 1.54) is 0 Å². The van der Waals surface area contributed by atoms with E-state index >= 15 is 0 Å². The van der Waals surface area contributed by atoms with Gasteiger partial charge in [-0.3, -0.25) is 14.5 Å². The fraction of sp³-hybridized carbons (Fsp3) is 0.276. The third-order valence-corrected chi connectivity index (χ3v) is 6.84. The summed E-state index contributed by atoms with van der Waals surface area (Å²) in [5.41, 5.74) is 5.01. The second-order valence-corrected chi connectivity index (χ2v) is 9.18. The molecule has 0 bridgehead atoms. The summed E-state index contributed by atoms with van der Waals surface area (Å²) in [6.07, 6.45) is 0. The van der Waals surface area contributed by atoms with Gasteiger partial charge in [-0.25, -0.2) is 4.98 Å². The number of fused-ring (bicyclic) bond motifs is 1. The number of aryl methyl sites for hydroxylation is 2. The quantitative estimate of drug-likeness (QED) is 0.438. The Hall–Kier alpha value is -3.97. The van der Waals surface area contributed by atoms with Crippen molar-refractivity contribution < 1.29 is 9.59 Å². The van der Waals surface area contributed by atoms with Gasteiger partial charge in [0.15, 0.2) is 0 Å². The molecule has 0 unspecified atom stereocenters. The van der Waals surface area contributed by atoms with Crippen LogP contribution in [-0.4, -0.2) is 57.3 Å². The SMILES string of the molecule is CCn1c(CN2CCN(C(=O)c3ccccc3)CC2)nc2cc(NC(=O)c3ccccc3C)ccc21. The molecule has 1 aliphatic rings. The van der Waals surface area contributed by atoms with E-state index in [2.05, 4.69) is 21.7 Å². The predicted molar refractivity (Wildman–Crippen MR) is 142 cm³/mol. The normalized spacial score (nSPS) is 14.2. The van der Waals surface area contributed by atoms with Gasteiger partial charge in [-0.05, 0) is 55.8 Å². The first-order chi connectivity index (χ1) is 17.5. The molecule has 0 aliphatic carbocycles. The van der Waals surface area contributed by atoms with E-state index in [0.29, 0.717) is 18.7 Å². The Morgan fingerprint density at radius 3 is 2.36 bits per heavy atom. The van der Waals surface area contributed by atoms with Gasteiger partial charge >= 0.3 is 0 Å². The van der Waals surface area contributed by atoms with Gasteiger partial charge in [0.2, 0.25) is 0 Å². The maximum atomic E-state index is 12.8. The highest BCUT2D eigenvalue weighted by Gasteiger charge is 2.23. The summed E-state index contributed by atoms with van der Waals surface area (Å²) in [5, 5.41) is 3.01. The van der Waals surface area contributed by atoms with Crippen molar-refractivity contribution in [2.45, 2.75) is 26.9 Å². The summed E-state index contributed by atoms with van der Waals surface area (Å²) < 4.78 is 2.23. The largest absolute Gasteiger partial charge is 0.336 e. The summed E-state index contributed by atoms with van der Waals surface area (Å²) in [6, 6.07) is 22.9. The molecule has 1 fully saturated rings. The topological polar surface area (TPSA) is 70.5 Å². The lowest BCUT2D eigenvalue weighted by molar-refractivity contribution is 0.0624. The van der Waals surface area contributed by atoms with Crippen molar-refractivity contribution in [2.24, 2.45) is 0 Å². The van der Waals surface area contributed by atoms with Crippen molar-refractivity contribution in [3.05, 3.63) is 95.3 Å². The lowest BCUT2D eigenvalue weighted by atomic mass is 10.1. The zero-order valence-electron chi connectivity index (χ0n) is 20.8. The number of benzene rings is 3. The fourth-order valence-corrected chi connectivity index (χ4v) is 4.83. The van der Waals surface area contributed by atoms with Gasteiger partial charge in [0.05, 0.1) is 17.6 Å². The third-order valence-electron chi connectivity index (χ3n) is 6.84. The molecule has 0 radical (unpaired) electrons. The van der Waals surface area contributed by atoms with Gasteiger partial charge in [-0.2, -0.15) is 0 Å². The van der Waals surface area contributed by atoms with Crippen LogP contribution in [0.4, 0.5) is 5.69 Å². The van der Waals surface area contributed by atoms with Gasteiger partial charge in [-0.15, -0.1) is 0 Å². The van der Waals surface area contributed by atoms with Crippen molar-refractivity contribution >= 4 is 28.5 Å². The molecule has 1 aliphatic heterocycles. The smallest absolute Gasteiger partial charge is 0.255 e. The molecule has 184 valence electrons. The molecule has 1 aromatic heterocycles. The fourth-order valence-electron chi connectivity index (χ4n) is 4.83. The maximum absolute atomic E-state index is 12.8. The molecule has 2 amide bonds. The Kier molecular flexibility index (Phi) is 6.82. The number of anilines is 1. The first-order valence-corrected chi connectivity index (χ1v) is 12.5. The Labute approximate surface area is 211 Å². The molecule has 1 saturated heterocycles. The first kappa shape index (κ1) is 23.8. The van der Waals surface area contributed by atoms with Crippen LogP contribution >= 0.6 is 0 Å². The van der Waals surface area contributed by atoms with Crippen LogP contribution in [-0.2, 0) is 13.1 Å². The van der Waals surface area contributed by atoms with E-state index in [-0.39, 0.29) is 11.8 Å².